The van der Waals surface area contributed by atoms with E-state index in [9.17, 15) is 9.59 Å². The van der Waals surface area contributed by atoms with Crippen molar-refractivity contribution in [1.29, 1.82) is 0 Å². The maximum Gasteiger partial charge on any atom is 0.262 e. The van der Waals surface area contributed by atoms with Crippen LogP contribution in [0.25, 0.3) is 22.1 Å². The lowest BCUT2D eigenvalue weighted by molar-refractivity contribution is -0.118. The Morgan fingerprint density at radius 3 is 2.34 bits per heavy atom. The lowest BCUT2D eigenvalue weighted by Crippen LogP contribution is -2.21. The summed E-state index contributed by atoms with van der Waals surface area (Å²) in [6.07, 6.45) is 1.48. The normalized spacial score (nSPS) is 10.9. The fourth-order valence-electron chi connectivity index (χ4n) is 3.99. The lowest BCUT2D eigenvalue weighted by Gasteiger charge is -2.14. The van der Waals surface area contributed by atoms with Crippen molar-refractivity contribution in [2.75, 3.05) is 11.9 Å². The van der Waals surface area contributed by atoms with Crippen LogP contribution in [0.3, 0.4) is 0 Å². The Kier molecular flexibility index (Phi) is 5.82. The SMILES string of the molecule is Cc1cc(C)c(NC(=O)COc2ccc3c(=O)c(-c4ccccc4)coc3c2C)c(C)c1. The molecular weight excluding hydrogens is 402 g/mol. The maximum absolute atomic E-state index is 13.0. The molecule has 0 spiro atoms. The highest BCUT2D eigenvalue weighted by Crippen LogP contribution is 2.28. The number of aryl methyl sites for hydroxylation is 4. The Morgan fingerprint density at radius 1 is 0.969 bits per heavy atom. The highest BCUT2D eigenvalue weighted by Gasteiger charge is 2.15. The first-order valence-corrected chi connectivity index (χ1v) is 10.5. The maximum atomic E-state index is 13.0. The summed E-state index contributed by atoms with van der Waals surface area (Å²) >= 11 is 0. The molecule has 0 aliphatic heterocycles. The second kappa shape index (κ2) is 8.71. The first-order chi connectivity index (χ1) is 15.3. The number of anilines is 1. The van der Waals surface area contributed by atoms with Crippen LogP contribution in [0.4, 0.5) is 5.69 Å². The number of hydrogen-bond donors (Lipinski definition) is 1. The van der Waals surface area contributed by atoms with E-state index in [1.54, 1.807) is 12.1 Å². The third-order valence-electron chi connectivity index (χ3n) is 5.53. The quantitative estimate of drug-likeness (QED) is 0.443. The molecule has 5 nitrogen and oxygen atoms in total. The van der Waals surface area contributed by atoms with Crippen molar-refractivity contribution in [2.45, 2.75) is 27.7 Å². The zero-order valence-corrected chi connectivity index (χ0v) is 18.6. The van der Waals surface area contributed by atoms with Crippen LogP contribution in [0, 0.1) is 27.7 Å². The number of hydrogen-bond acceptors (Lipinski definition) is 4. The molecule has 32 heavy (non-hydrogen) atoms. The molecule has 0 fully saturated rings. The molecule has 162 valence electrons. The van der Waals surface area contributed by atoms with E-state index >= 15 is 0 Å². The van der Waals surface area contributed by atoms with E-state index in [0.29, 0.717) is 27.8 Å². The Labute approximate surface area is 186 Å². The molecule has 0 saturated heterocycles. The van der Waals surface area contributed by atoms with Gasteiger partial charge < -0.3 is 14.5 Å². The first kappa shape index (κ1) is 21.4. The van der Waals surface area contributed by atoms with Gasteiger partial charge in [-0.1, -0.05) is 48.0 Å². The van der Waals surface area contributed by atoms with E-state index in [4.69, 9.17) is 9.15 Å². The number of benzene rings is 3. The van der Waals surface area contributed by atoms with E-state index in [-0.39, 0.29) is 17.9 Å². The van der Waals surface area contributed by atoms with Crippen LogP contribution in [0.2, 0.25) is 0 Å². The number of rotatable bonds is 5. The second-order valence-corrected chi connectivity index (χ2v) is 8.02. The highest BCUT2D eigenvalue weighted by atomic mass is 16.5. The molecule has 4 rings (SSSR count). The van der Waals surface area contributed by atoms with E-state index in [2.05, 4.69) is 5.32 Å². The molecular formula is C27H25NO4. The fraction of sp³-hybridized carbons (Fsp3) is 0.185. The molecule has 0 bridgehead atoms. The molecule has 0 unspecified atom stereocenters. The number of carbonyl (C=O) groups excluding carboxylic acids is 1. The Balaban J connectivity index is 1.55. The summed E-state index contributed by atoms with van der Waals surface area (Å²) < 4.78 is 11.6. The van der Waals surface area contributed by atoms with Crippen LogP contribution in [0.5, 0.6) is 5.75 Å². The van der Waals surface area contributed by atoms with Crippen LogP contribution in [0.1, 0.15) is 22.3 Å². The topological polar surface area (TPSA) is 68.5 Å². The van der Waals surface area contributed by atoms with Gasteiger partial charge in [-0.15, -0.1) is 0 Å². The molecule has 4 aromatic rings. The second-order valence-electron chi connectivity index (χ2n) is 8.02. The van der Waals surface area contributed by atoms with Crippen molar-refractivity contribution < 1.29 is 13.9 Å². The van der Waals surface area contributed by atoms with Crippen LogP contribution >= 0.6 is 0 Å². The van der Waals surface area contributed by atoms with Crippen LogP contribution < -0.4 is 15.5 Å². The van der Waals surface area contributed by atoms with E-state index < -0.39 is 0 Å². The summed E-state index contributed by atoms with van der Waals surface area (Å²) in [4.78, 5) is 25.5. The minimum atomic E-state index is -0.250. The first-order valence-electron chi connectivity index (χ1n) is 10.5. The minimum absolute atomic E-state index is 0.102. The Morgan fingerprint density at radius 2 is 1.66 bits per heavy atom. The van der Waals surface area contributed by atoms with Gasteiger partial charge in [0.15, 0.2) is 6.61 Å². The monoisotopic (exact) mass is 427 g/mol. The van der Waals surface area contributed by atoms with Crippen molar-refractivity contribution in [2.24, 2.45) is 0 Å². The summed E-state index contributed by atoms with van der Waals surface area (Å²) in [6.45, 7) is 7.63. The van der Waals surface area contributed by atoms with Crippen LogP contribution in [0.15, 0.2) is 70.1 Å². The van der Waals surface area contributed by atoms with Gasteiger partial charge in [0.05, 0.1) is 10.9 Å². The molecule has 1 aromatic heterocycles. The summed E-state index contributed by atoms with van der Waals surface area (Å²) in [5.41, 5.74) is 6.32. The Hall–Kier alpha value is -3.86. The third-order valence-corrected chi connectivity index (χ3v) is 5.53. The zero-order valence-electron chi connectivity index (χ0n) is 18.6. The van der Waals surface area contributed by atoms with Crippen molar-refractivity contribution >= 4 is 22.6 Å². The fourth-order valence-corrected chi connectivity index (χ4v) is 3.99. The van der Waals surface area contributed by atoms with Gasteiger partial charge in [0.25, 0.3) is 5.91 Å². The van der Waals surface area contributed by atoms with Gasteiger partial charge in [-0.2, -0.15) is 0 Å². The predicted octanol–water partition coefficient (Wildman–Crippen LogP) is 5.71. The zero-order chi connectivity index (χ0) is 22.8. The number of fused-ring (bicyclic) bond motifs is 1. The van der Waals surface area contributed by atoms with E-state index in [1.165, 1.54) is 6.26 Å². The van der Waals surface area contributed by atoms with Crippen molar-refractivity contribution in [1.82, 2.24) is 0 Å². The average Bonchev–Trinajstić information content (AvgIpc) is 2.77. The molecule has 5 heteroatoms. The van der Waals surface area contributed by atoms with Crippen LogP contribution in [-0.2, 0) is 4.79 Å². The smallest absolute Gasteiger partial charge is 0.262 e. The number of ether oxygens (including phenoxy) is 1. The highest BCUT2D eigenvalue weighted by molar-refractivity contribution is 5.93. The molecule has 1 amide bonds. The minimum Gasteiger partial charge on any atom is -0.483 e. The summed E-state index contributed by atoms with van der Waals surface area (Å²) in [5, 5.41) is 3.41. The van der Waals surface area contributed by atoms with E-state index in [1.807, 2.05) is 70.2 Å². The van der Waals surface area contributed by atoms with Crippen molar-refractivity contribution in [3.05, 3.63) is 93.3 Å². The van der Waals surface area contributed by atoms with Gasteiger partial charge in [0.2, 0.25) is 5.43 Å². The Bertz CT molecular complexity index is 1350. The van der Waals surface area contributed by atoms with Gasteiger partial charge in [-0.3, -0.25) is 9.59 Å². The number of amides is 1. The van der Waals surface area contributed by atoms with Crippen LogP contribution in [-0.4, -0.2) is 12.5 Å². The van der Waals surface area contributed by atoms with Gasteiger partial charge in [-0.25, -0.2) is 0 Å². The van der Waals surface area contributed by atoms with Gasteiger partial charge in [0, 0.05) is 11.3 Å². The lowest BCUT2D eigenvalue weighted by atomic mass is 10.0. The molecule has 1 N–H and O–H groups in total. The van der Waals surface area contributed by atoms with E-state index in [0.717, 1.165) is 27.9 Å². The average molecular weight is 428 g/mol. The molecule has 0 atom stereocenters. The molecule has 0 aliphatic carbocycles. The predicted molar refractivity (Wildman–Crippen MR) is 127 cm³/mol. The molecule has 3 aromatic carbocycles. The summed E-state index contributed by atoms with van der Waals surface area (Å²) in [6, 6.07) is 16.9. The third kappa shape index (κ3) is 4.14. The van der Waals surface area contributed by atoms with Crippen molar-refractivity contribution in [3.8, 4) is 16.9 Å². The number of nitrogens with one attached hydrogen (secondary N) is 1. The van der Waals surface area contributed by atoms with Gasteiger partial charge in [-0.05, 0) is 56.5 Å². The largest absolute Gasteiger partial charge is 0.483 e. The van der Waals surface area contributed by atoms with Crippen molar-refractivity contribution in [3.63, 3.8) is 0 Å². The molecule has 0 saturated carbocycles. The summed E-state index contributed by atoms with van der Waals surface area (Å²) in [7, 11) is 0. The van der Waals surface area contributed by atoms with Gasteiger partial charge in [0.1, 0.15) is 17.6 Å². The molecule has 0 radical (unpaired) electrons. The number of carbonyl (C=O) groups is 1. The molecule has 0 aliphatic rings. The van der Waals surface area contributed by atoms with Gasteiger partial charge >= 0.3 is 0 Å². The summed E-state index contributed by atoms with van der Waals surface area (Å²) in [5.74, 6) is 0.251. The molecule has 1 heterocycles. The standard InChI is InChI=1S/C27H25NO4/c1-16-12-17(2)25(18(3)13-16)28-24(29)15-31-23-11-10-21-26(30)22(14-32-27(21)19(23)4)20-8-6-5-7-9-20/h5-14H,15H2,1-4H3,(H,28,29).